The molecule has 1 atom stereocenters. The van der Waals surface area contributed by atoms with Crippen molar-refractivity contribution in [1.82, 2.24) is 9.97 Å². The van der Waals surface area contributed by atoms with E-state index < -0.39 is 0 Å². The molecular weight excluding hydrogens is 166 g/mol. The molecule has 1 aromatic heterocycles. The van der Waals surface area contributed by atoms with Crippen LogP contribution in [0.5, 0.6) is 0 Å². The second kappa shape index (κ2) is 3.03. The summed E-state index contributed by atoms with van der Waals surface area (Å²) in [6.07, 6.45) is 2.86. The second-order valence-corrected chi connectivity index (χ2v) is 3.90. The third-order valence-corrected chi connectivity index (χ3v) is 2.34. The zero-order chi connectivity index (χ0) is 9.31. The van der Waals surface area contributed by atoms with E-state index in [1.54, 1.807) is 0 Å². The van der Waals surface area contributed by atoms with E-state index in [1.165, 1.54) is 0 Å². The Morgan fingerprint density at radius 2 is 2.54 bits per heavy atom. The monoisotopic (exact) mass is 181 g/mol. The van der Waals surface area contributed by atoms with Crippen LogP contribution in [0.3, 0.4) is 0 Å². The van der Waals surface area contributed by atoms with E-state index in [4.69, 9.17) is 4.74 Å². The molecule has 4 nitrogen and oxygen atoms in total. The number of imidazole rings is 1. The fourth-order valence-electron chi connectivity index (χ4n) is 1.53. The number of hydrogen-bond donors (Lipinski definition) is 2. The van der Waals surface area contributed by atoms with E-state index in [-0.39, 0.29) is 5.54 Å². The molecule has 0 radical (unpaired) electrons. The Morgan fingerprint density at radius 1 is 1.69 bits per heavy atom. The van der Waals surface area contributed by atoms with Crippen molar-refractivity contribution < 1.29 is 4.74 Å². The molecule has 1 aromatic rings. The molecule has 0 amide bonds. The summed E-state index contributed by atoms with van der Waals surface area (Å²) in [5.74, 6) is 0.838. The van der Waals surface area contributed by atoms with Gasteiger partial charge in [0, 0.05) is 18.5 Å². The van der Waals surface area contributed by atoms with Gasteiger partial charge in [-0.25, -0.2) is 4.98 Å². The van der Waals surface area contributed by atoms with Crippen molar-refractivity contribution >= 4 is 5.95 Å². The Hall–Kier alpha value is -1.03. The summed E-state index contributed by atoms with van der Waals surface area (Å²) in [7, 11) is 0. The van der Waals surface area contributed by atoms with Crippen LogP contribution < -0.4 is 5.32 Å². The third-order valence-electron chi connectivity index (χ3n) is 2.34. The standard InChI is InChI=1S/C9H15N3O/c1-7-5-10-8(11-7)12-9(2)3-4-13-6-9/h5H,3-4,6H2,1-2H3,(H2,10,11,12). The van der Waals surface area contributed by atoms with Crippen LogP contribution in [0.15, 0.2) is 6.20 Å². The van der Waals surface area contributed by atoms with Crippen LogP contribution in [0.2, 0.25) is 0 Å². The van der Waals surface area contributed by atoms with Crippen molar-refractivity contribution in [3.05, 3.63) is 11.9 Å². The van der Waals surface area contributed by atoms with Crippen LogP contribution in [0.25, 0.3) is 0 Å². The lowest BCUT2D eigenvalue weighted by Crippen LogP contribution is -2.35. The van der Waals surface area contributed by atoms with Gasteiger partial charge in [0.25, 0.3) is 0 Å². The fraction of sp³-hybridized carbons (Fsp3) is 0.667. The molecule has 0 bridgehead atoms. The quantitative estimate of drug-likeness (QED) is 0.723. The van der Waals surface area contributed by atoms with Gasteiger partial charge in [-0.1, -0.05) is 0 Å². The van der Waals surface area contributed by atoms with Gasteiger partial charge >= 0.3 is 0 Å². The van der Waals surface area contributed by atoms with Gasteiger partial charge in [0.2, 0.25) is 5.95 Å². The van der Waals surface area contributed by atoms with Crippen LogP contribution >= 0.6 is 0 Å². The van der Waals surface area contributed by atoms with Gasteiger partial charge in [-0.3, -0.25) is 0 Å². The lowest BCUT2D eigenvalue weighted by Gasteiger charge is -2.22. The molecule has 1 aliphatic rings. The molecular formula is C9H15N3O. The van der Waals surface area contributed by atoms with Crippen LogP contribution in [0.4, 0.5) is 5.95 Å². The number of aryl methyl sites for hydroxylation is 1. The second-order valence-electron chi connectivity index (χ2n) is 3.90. The molecule has 2 heterocycles. The molecule has 0 aromatic carbocycles. The van der Waals surface area contributed by atoms with Crippen molar-refractivity contribution in [2.24, 2.45) is 0 Å². The van der Waals surface area contributed by atoms with E-state index in [2.05, 4.69) is 22.2 Å². The van der Waals surface area contributed by atoms with Gasteiger partial charge in [-0.2, -0.15) is 0 Å². The van der Waals surface area contributed by atoms with Gasteiger partial charge in [0.15, 0.2) is 0 Å². The number of H-pyrrole nitrogens is 1. The molecule has 0 saturated carbocycles. The normalized spacial score (nSPS) is 27.8. The fourth-order valence-corrected chi connectivity index (χ4v) is 1.53. The van der Waals surface area contributed by atoms with E-state index >= 15 is 0 Å². The van der Waals surface area contributed by atoms with Crippen LogP contribution in [0, 0.1) is 6.92 Å². The van der Waals surface area contributed by atoms with Crippen LogP contribution in [-0.4, -0.2) is 28.7 Å². The number of nitrogens with zero attached hydrogens (tertiary/aromatic N) is 1. The molecule has 2 rings (SSSR count). The minimum Gasteiger partial charge on any atom is -0.379 e. The molecule has 1 saturated heterocycles. The first-order chi connectivity index (χ1) is 6.18. The summed E-state index contributed by atoms with van der Waals surface area (Å²) < 4.78 is 5.33. The highest BCUT2D eigenvalue weighted by atomic mass is 16.5. The van der Waals surface area contributed by atoms with Crippen LogP contribution in [-0.2, 0) is 4.74 Å². The van der Waals surface area contributed by atoms with Gasteiger partial charge in [-0.05, 0) is 20.3 Å². The first kappa shape index (κ1) is 8.56. The Kier molecular flexibility index (Phi) is 2.00. The summed E-state index contributed by atoms with van der Waals surface area (Å²) in [5, 5.41) is 3.35. The maximum absolute atomic E-state index is 5.33. The van der Waals surface area contributed by atoms with Gasteiger partial charge < -0.3 is 15.0 Å². The first-order valence-electron chi connectivity index (χ1n) is 4.55. The molecule has 2 N–H and O–H groups in total. The maximum Gasteiger partial charge on any atom is 0.200 e. The summed E-state index contributed by atoms with van der Waals surface area (Å²) in [6, 6.07) is 0. The van der Waals surface area contributed by atoms with Crippen molar-refractivity contribution in [3.63, 3.8) is 0 Å². The largest absolute Gasteiger partial charge is 0.379 e. The minimum atomic E-state index is 0.0459. The summed E-state index contributed by atoms with van der Waals surface area (Å²) >= 11 is 0. The summed E-state index contributed by atoms with van der Waals surface area (Å²) in [5.41, 5.74) is 1.12. The number of ether oxygens (including phenoxy) is 1. The van der Waals surface area contributed by atoms with Gasteiger partial charge in [-0.15, -0.1) is 0 Å². The average Bonchev–Trinajstić information content (AvgIpc) is 2.62. The number of aromatic amines is 1. The number of aromatic nitrogens is 2. The highest BCUT2D eigenvalue weighted by Crippen LogP contribution is 2.21. The van der Waals surface area contributed by atoms with Crippen molar-refractivity contribution in [1.29, 1.82) is 0 Å². The van der Waals surface area contributed by atoms with E-state index in [1.807, 2.05) is 13.1 Å². The number of nitrogens with one attached hydrogen (secondary N) is 2. The highest BCUT2D eigenvalue weighted by Gasteiger charge is 2.29. The smallest absolute Gasteiger partial charge is 0.200 e. The topological polar surface area (TPSA) is 49.9 Å². The van der Waals surface area contributed by atoms with Crippen molar-refractivity contribution in [2.45, 2.75) is 25.8 Å². The number of hydrogen-bond acceptors (Lipinski definition) is 3. The Morgan fingerprint density at radius 3 is 3.08 bits per heavy atom. The molecule has 1 unspecified atom stereocenters. The maximum atomic E-state index is 5.33. The molecule has 72 valence electrons. The highest BCUT2D eigenvalue weighted by molar-refractivity contribution is 5.30. The Labute approximate surface area is 77.7 Å². The van der Waals surface area contributed by atoms with Gasteiger partial charge in [0.1, 0.15) is 0 Å². The van der Waals surface area contributed by atoms with E-state index in [9.17, 15) is 0 Å². The predicted octanol–water partition coefficient (Wildman–Crippen LogP) is 1.31. The summed E-state index contributed by atoms with van der Waals surface area (Å²) in [4.78, 5) is 7.35. The van der Waals surface area contributed by atoms with E-state index in [0.717, 1.165) is 31.3 Å². The molecule has 0 spiro atoms. The lowest BCUT2D eigenvalue weighted by atomic mass is 10.0. The predicted molar refractivity (Wildman–Crippen MR) is 50.8 cm³/mol. The zero-order valence-electron chi connectivity index (χ0n) is 8.05. The van der Waals surface area contributed by atoms with E-state index in [0.29, 0.717) is 0 Å². The van der Waals surface area contributed by atoms with Gasteiger partial charge in [0.05, 0.1) is 12.1 Å². The lowest BCUT2D eigenvalue weighted by molar-refractivity contribution is 0.185. The van der Waals surface area contributed by atoms with Crippen LogP contribution in [0.1, 0.15) is 19.0 Å². The Balaban J connectivity index is 2.04. The zero-order valence-corrected chi connectivity index (χ0v) is 8.05. The molecule has 4 heteroatoms. The third kappa shape index (κ3) is 1.83. The molecule has 1 fully saturated rings. The van der Waals surface area contributed by atoms with Crippen molar-refractivity contribution in [3.8, 4) is 0 Å². The molecule has 13 heavy (non-hydrogen) atoms. The minimum absolute atomic E-state index is 0.0459. The Bertz CT molecular complexity index is 289. The van der Waals surface area contributed by atoms with Crippen molar-refractivity contribution in [2.75, 3.05) is 18.5 Å². The molecule has 0 aliphatic carbocycles. The SMILES string of the molecule is Cc1cnc(NC2(C)CCOC2)[nH]1. The first-order valence-corrected chi connectivity index (χ1v) is 4.55. The average molecular weight is 181 g/mol. The molecule has 1 aliphatic heterocycles. The summed E-state index contributed by atoms with van der Waals surface area (Å²) in [6.45, 7) is 5.74. The number of rotatable bonds is 2. The number of anilines is 1.